The lowest BCUT2D eigenvalue weighted by atomic mass is 10.1. The van der Waals surface area contributed by atoms with E-state index in [0.29, 0.717) is 5.56 Å². The van der Waals surface area contributed by atoms with Gasteiger partial charge in [0.25, 0.3) is 5.91 Å². The summed E-state index contributed by atoms with van der Waals surface area (Å²) in [7, 11) is -3.90. The molecule has 3 rings (SSSR count). The summed E-state index contributed by atoms with van der Waals surface area (Å²) in [6.07, 6.45) is 0.124. The summed E-state index contributed by atoms with van der Waals surface area (Å²) >= 11 is 5.64. The second-order valence-electron chi connectivity index (χ2n) is 6.76. The molecule has 0 saturated carbocycles. The molecule has 0 heterocycles. The van der Waals surface area contributed by atoms with E-state index >= 15 is 0 Å². The zero-order valence-corrected chi connectivity index (χ0v) is 18.2. The molecule has 0 unspecified atom stereocenters. The zero-order chi connectivity index (χ0) is 23.1. The first-order valence-corrected chi connectivity index (χ1v) is 11.3. The number of halogens is 2. The molecule has 166 valence electrons. The molecule has 0 atom stereocenters. The maximum absolute atomic E-state index is 13.2. The van der Waals surface area contributed by atoms with Crippen LogP contribution in [0.2, 0.25) is 5.02 Å². The molecular weight excluding hydrogens is 457 g/mol. The van der Waals surface area contributed by atoms with Crippen molar-refractivity contribution in [2.75, 3.05) is 0 Å². The first-order chi connectivity index (χ1) is 15.2. The summed E-state index contributed by atoms with van der Waals surface area (Å²) in [5, 5.41) is -0.293. The van der Waals surface area contributed by atoms with E-state index in [1.54, 1.807) is 24.3 Å². The van der Waals surface area contributed by atoms with E-state index in [1.165, 1.54) is 12.1 Å². The van der Waals surface area contributed by atoms with E-state index < -0.39 is 21.7 Å². The van der Waals surface area contributed by atoms with Gasteiger partial charge in [0, 0.05) is 12.1 Å². The number of sulfonamides is 1. The number of hydrogen-bond donors (Lipinski definition) is 3. The quantitative estimate of drug-likeness (QED) is 0.457. The number of amides is 2. The molecule has 0 saturated heterocycles. The van der Waals surface area contributed by atoms with Crippen molar-refractivity contribution < 1.29 is 22.4 Å². The van der Waals surface area contributed by atoms with Gasteiger partial charge in [0.15, 0.2) is 0 Å². The normalized spacial score (nSPS) is 11.1. The van der Waals surface area contributed by atoms with Crippen molar-refractivity contribution in [2.45, 2.75) is 17.9 Å². The Balaban J connectivity index is 1.52. The Morgan fingerprint density at radius 3 is 2.22 bits per heavy atom. The maximum atomic E-state index is 13.2. The molecule has 7 nitrogen and oxygen atoms in total. The van der Waals surface area contributed by atoms with Gasteiger partial charge in [0.1, 0.15) is 5.82 Å². The van der Waals surface area contributed by atoms with Gasteiger partial charge in [-0.05, 0) is 41.5 Å². The standard InChI is InChI=1S/C22H19ClFN3O4S/c23-19-13-18(10-11-20(19)24)32(30,31)25-14-16-6-8-17(9-7-16)22(29)27-26-21(28)12-15-4-2-1-3-5-15/h1-11,13,25H,12,14H2,(H,26,28)(H,27,29). The molecule has 0 radical (unpaired) electrons. The van der Waals surface area contributed by atoms with Crippen molar-refractivity contribution in [1.29, 1.82) is 0 Å². The molecule has 0 aromatic heterocycles. The monoisotopic (exact) mass is 475 g/mol. The molecule has 0 aliphatic carbocycles. The smallest absolute Gasteiger partial charge is 0.269 e. The van der Waals surface area contributed by atoms with Crippen LogP contribution in [0.15, 0.2) is 77.7 Å². The lowest BCUT2D eigenvalue weighted by molar-refractivity contribution is -0.121. The van der Waals surface area contributed by atoms with Gasteiger partial charge in [-0.3, -0.25) is 20.4 Å². The highest BCUT2D eigenvalue weighted by Gasteiger charge is 2.16. The lowest BCUT2D eigenvalue weighted by Crippen LogP contribution is -2.42. The van der Waals surface area contributed by atoms with Crippen molar-refractivity contribution in [3.8, 4) is 0 Å². The van der Waals surface area contributed by atoms with Crippen LogP contribution in [0.5, 0.6) is 0 Å². The Kier molecular flexibility index (Phi) is 7.57. The summed E-state index contributed by atoms with van der Waals surface area (Å²) < 4.78 is 40.3. The highest BCUT2D eigenvalue weighted by atomic mass is 35.5. The fourth-order valence-electron chi connectivity index (χ4n) is 2.70. The molecule has 0 aliphatic heterocycles. The van der Waals surface area contributed by atoms with Crippen molar-refractivity contribution >= 4 is 33.4 Å². The van der Waals surface area contributed by atoms with Gasteiger partial charge in [0.2, 0.25) is 15.9 Å². The summed E-state index contributed by atoms with van der Waals surface area (Å²) in [4.78, 5) is 24.0. The first-order valence-electron chi connectivity index (χ1n) is 9.41. The van der Waals surface area contributed by atoms with Gasteiger partial charge >= 0.3 is 0 Å². The van der Waals surface area contributed by atoms with Crippen molar-refractivity contribution in [2.24, 2.45) is 0 Å². The zero-order valence-electron chi connectivity index (χ0n) is 16.6. The topological polar surface area (TPSA) is 104 Å². The highest BCUT2D eigenvalue weighted by molar-refractivity contribution is 7.89. The molecule has 0 aliphatic rings. The molecule has 32 heavy (non-hydrogen) atoms. The van der Waals surface area contributed by atoms with Crippen LogP contribution < -0.4 is 15.6 Å². The van der Waals surface area contributed by atoms with Crippen molar-refractivity contribution in [1.82, 2.24) is 15.6 Å². The maximum Gasteiger partial charge on any atom is 0.269 e. The molecule has 0 fully saturated rings. The SMILES string of the molecule is O=C(Cc1ccccc1)NNC(=O)c1ccc(CNS(=O)(=O)c2ccc(F)c(Cl)c2)cc1. The number of carbonyl (C=O) groups excluding carboxylic acids is 2. The number of carbonyl (C=O) groups is 2. The van der Waals surface area contributed by atoms with E-state index in [0.717, 1.165) is 23.8 Å². The van der Waals surface area contributed by atoms with Gasteiger partial charge in [-0.1, -0.05) is 54.1 Å². The third kappa shape index (κ3) is 6.36. The van der Waals surface area contributed by atoms with Crippen LogP contribution in [0, 0.1) is 5.82 Å². The number of hydrazine groups is 1. The number of benzene rings is 3. The number of rotatable bonds is 7. The Labute approximate surface area is 189 Å². The van der Waals surface area contributed by atoms with Crippen LogP contribution in [-0.4, -0.2) is 20.2 Å². The van der Waals surface area contributed by atoms with Crippen LogP contribution >= 0.6 is 11.6 Å². The van der Waals surface area contributed by atoms with Gasteiger partial charge in [-0.2, -0.15) is 0 Å². The summed E-state index contributed by atoms with van der Waals surface area (Å²) in [6, 6.07) is 18.3. The van der Waals surface area contributed by atoms with Crippen molar-refractivity contribution in [3.63, 3.8) is 0 Å². The van der Waals surface area contributed by atoms with Gasteiger partial charge in [-0.15, -0.1) is 0 Å². The highest BCUT2D eigenvalue weighted by Crippen LogP contribution is 2.19. The molecule has 3 aromatic carbocycles. The minimum absolute atomic E-state index is 0.0486. The molecule has 3 aromatic rings. The summed E-state index contributed by atoms with van der Waals surface area (Å²) in [6.45, 7) is -0.0486. The minimum atomic E-state index is -3.90. The predicted molar refractivity (Wildman–Crippen MR) is 118 cm³/mol. The average molecular weight is 476 g/mol. The van der Waals surface area contributed by atoms with Gasteiger partial charge < -0.3 is 0 Å². The fourth-order valence-corrected chi connectivity index (χ4v) is 3.99. The van der Waals surface area contributed by atoms with Crippen LogP contribution in [0.1, 0.15) is 21.5 Å². The van der Waals surface area contributed by atoms with E-state index in [9.17, 15) is 22.4 Å². The van der Waals surface area contributed by atoms with Crippen LogP contribution in [0.25, 0.3) is 0 Å². The van der Waals surface area contributed by atoms with Gasteiger partial charge in [-0.25, -0.2) is 17.5 Å². The molecule has 0 spiro atoms. The Hall–Kier alpha value is -3.27. The second-order valence-corrected chi connectivity index (χ2v) is 8.94. The summed E-state index contributed by atoms with van der Waals surface area (Å²) in [5.41, 5.74) is 6.36. The lowest BCUT2D eigenvalue weighted by Gasteiger charge is -2.09. The molecule has 10 heteroatoms. The molecule has 0 bridgehead atoms. The van der Waals surface area contributed by atoms with E-state index in [1.807, 2.05) is 18.2 Å². The Morgan fingerprint density at radius 1 is 0.875 bits per heavy atom. The van der Waals surface area contributed by atoms with Crippen LogP contribution in [0.3, 0.4) is 0 Å². The number of hydrogen-bond acceptors (Lipinski definition) is 4. The predicted octanol–water partition coefficient (Wildman–Crippen LogP) is 2.96. The van der Waals surface area contributed by atoms with Crippen LogP contribution in [-0.2, 0) is 27.8 Å². The van der Waals surface area contributed by atoms with E-state index in [4.69, 9.17) is 11.6 Å². The first kappa shape index (κ1) is 23.4. The van der Waals surface area contributed by atoms with E-state index in [2.05, 4.69) is 15.6 Å². The Morgan fingerprint density at radius 2 is 1.56 bits per heavy atom. The van der Waals surface area contributed by atoms with Crippen molar-refractivity contribution in [3.05, 3.63) is 100 Å². The largest absolute Gasteiger partial charge is 0.273 e. The second kappa shape index (κ2) is 10.4. The molecule has 3 N–H and O–H groups in total. The molecular formula is C22H19ClFN3O4S. The van der Waals surface area contributed by atoms with Crippen LogP contribution in [0.4, 0.5) is 4.39 Å². The Bertz CT molecular complexity index is 1220. The average Bonchev–Trinajstić information content (AvgIpc) is 2.79. The van der Waals surface area contributed by atoms with E-state index in [-0.39, 0.29) is 34.4 Å². The molecule has 2 amide bonds. The number of nitrogens with one attached hydrogen (secondary N) is 3. The van der Waals surface area contributed by atoms with Gasteiger partial charge in [0.05, 0.1) is 16.3 Å². The third-order valence-electron chi connectivity index (χ3n) is 4.41. The summed E-state index contributed by atoms with van der Waals surface area (Å²) in [5.74, 6) is -1.59. The fraction of sp³-hybridized carbons (Fsp3) is 0.0909. The minimum Gasteiger partial charge on any atom is -0.273 e. The third-order valence-corrected chi connectivity index (χ3v) is 6.10.